The largest absolute Gasteiger partial charge is 0.278 e. The summed E-state index contributed by atoms with van der Waals surface area (Å²) < 4.78 is 7.16. The summed E-state index contributed by atoms with van der Waals surface area (Å²) >= 11 is 3.61. The molecule has 200 valence electrons. The summed E-state index contributed by atoms with van der Waals surface area (Å²) in [5.74, 6) is 0.670. The molecule has 0 amide bonds. The Morgan fingerprint density at radius 1 is 0.535 bits per heavy atom. The van der Waals surface area contributed by atoms with Gasteiger partial charge >= 0.3 is 0 Å². The van der Waals surface area contributed by atoms with Gasteiger partial charge in [0, 0.05) is 64.4 Å². The maximum Gasteiger partial charge on any atom is 0.235 e. The molecule has 0 bridgehead atoms. The molecule has 43 heavy (non-hydrogen) atoms. The van der Waals surface area contributed by atoms with Crippen LogP contribution in [0.4, 0.5) is 0 Å². The van der Waals surface area contributed by atoms with Crippen molar-refractivity contribution >= 4 is 95.7 Å². The van der Waals surface area contributed by atoms with E-state index in [4.69, 9.17) is 9.97 Å². The number of rotatable bonds is 2. The standard InChI is InChI=1S/C37H20N4S2/c1-4-12-29-23(9-1)28-18-21-15-16-25-24-10-2-5-13-31(24)42-35(25)27(21)19-30(28)41(29)37-39-33(22-8-7-17-38-20-22)36-34(40-37)26-11-3-6-14-32(26)43-36/h1-20H. The third-order valence-electron chi connectivity index (χ3n) is 8.49. The molecule has 0 atom stereocenters. The SMILES string of the molecule is c1cncc(-c2nc(-n3c4ccccc4c4cc5ccc6c7ccccc7sc6c5cc43)nc3c2sc2ccccc23)c1. The Hall–Kier alpha value is -5.17. The molecule has 0 spiro atoms. The Labute approximate surface area is 253 Å². The zero-order valence-electron chi connectivity index (χ0n) is 22.7. The van der Waals surface area contributed by atoms with E-state index in [1.807, 2.05) is 23.6 Å². The van der Waals surface area contributed by atoms with Gasteiger partial charge in [0.2, 0.25) is 5.95 Å². The highest BCUT2D eigenvalue weighted by atomic mass is 32.1. The molecule has 10 rings (SSSR count). The van der Waals surface area contributed by atoms with Crippen molar-refractivity contribution in [2.45, 2.75) is 0 Å². The van der Waals surface area contributed by atoms with Crippen molar-refractivity contribution < 1.29 is 0 Å². The highest BCUT2D eigenvalue weighted by Crippen LogP contribution is 2.43. The number of pyridine rings is 1. The van der Waals surface area contributed by atoms with Gasteiger partial charge in [0.1, 0.15) is 0 Å². The normalized spacial score (nSPS) is 12.2. The fraction of sp³-hybridized carbons (Fsp3) is 0. The van der Waals surface area contributed by atoms with Crippen LogP contribution in [0.25, 0.3) is 90.3 Å². The van der Waals surface area contributed by atoms with Gasteiger partial charge < -0.3 is 0 Å². The van der Waals surface area contributed by atoms with Gasteiger partial charge in [-0.25, -0.2) is 9.97 Å². The van der Waals surface area contributed by atoms with Crippen LogP contribution in [0, 0.1) is 0 Å². The average Bonchev–Trinajstić information content (AvgIpc) is 3.73. The lowest BCUT2D eigenvalue weighted by Crippen LogP contribution is -2.02. The molecule has 0 saturated heterocycles. The smallest absolute Gasteiger partial charge is 0.235 e. The maximum absolute atomic E-state index is 5.31. The topological polar surface area (TPSA) is 43.6 Å². The van der Waals surface area contributed by atoms with E-state index < -0.39 is 0 Å². The van der Waals surface area contributed by atoms with E-state index in [1.165, 1.54) is 46.4 Å². The Kier molecular flexibility index (Phi) is 4.72. The van der Waals surface area contributed by atoms with Crippen LogP contribution in [0.3, 0.4) is 0 Å². The number of thiophene rings is 2. The summed E-state index contributed by atoms with van der Waals surface area (Å²) in [4.78, 5) is 15.1. The molecule has 10 aromatic rings. The summed E-state index contributed by atoms with van der Waals surface area (Å²) in [5.41, 5.74) is 5.07. The van der Waals surface area contributed by atoms with E-state index in [0.29, 0.717) is 5.95 Å². The second kappa shape index (κ2) is 8.67. The van der Waals surface area contributed by atoms with Crippen LogP contribution in [0.1, 0.15) is 0 Å². The lowest BCUT2D eigenvalue weighted by atomic mass is 10.0. The van der Waals surface area contributed by atoms with Crippen LogP contribution in [-0.2, 0) is 0 Å². The molecule has 0 unspecified atom stereocenters. The quantitative estimate of drug-likeness (QED) is 0.203. The fourth-order valence-corrected chi connectivity index (χ4v) is 8.95. The van der Waals surface area contributed by atoms with Crippen molar-refractivity contribution in [3.05, 3.63) is 122 Å². The summed E-state index contributed by atoms with van der Waals surface area (Å²) in [6.07, 6.45) is 3.70. The molecule has 6 heteroatoms. The minimum Gasteiger partial charge on any atom is -0.278 e. The van der Waals surface area contributed by atoms with Gasteiger partial charge in [0.05, 0.1) is 26.9 Å². The fourth-order valence-electron chi connectivity index (χ4n) is 6.56. The Bertz CT molecular complexity index is 2730. The molecule has 0 saturated carbocycles. The van der Waals surface area contributed by atoms with Crippen molar-refractivity contribution in [2.75, 3.05) is 0 Å². The summed E-state index contributed by atoms with van der Waals surface area (Å²) in [5, 5.41) is 8.65. The molecule has 0 N–H and O–H groups in total. The molecule has 0 fully saturated rings. The van der Waals surface area contributed by atoms with E-state index in [2.05, 4.69) is 113 Å². The van der Waals surface area contributed by atoms with Crippen LogP contribution >= 0.6 is 22.7 Å². The first-order valence-electron chi connectivity index (χ1n) is 14.2. The van der Waals surface area contributed by atoms with E-state index in [0.717, 1.165) is 37.9 Å². The number of hydrogen-bond acceptors (Lipinski definition) is 5. The van der Waals surface area contributed by atoms with Crippen molar-refractivity contribution in [3.63, 3.8) is 0 Å². The number of aromatic nitrogens is 4. The van der Waals surface area contributed by atoms with Gasteiger partial charge in [-0.2, -0.15) is 0 Å². The van der Waals surface area contributed by atoms with Crippen LogP contribution in [0.5, 0.6) is 0 Å². The zero-order valence-corrected chi connectivity index (χ0v) is 24.3. The van der Waals surface area contributed by atoms with Crippen molar-refractivity contribution in [1.29, 1.82) is 0 Å². The van der Waals surface area contributed by atoms with Gasteiger partial charge in [0.25, 0.3) is 0 Å². The van der Waals surface area contributed by atoms with Gasteiger partial charge in [-0.1, -0.05) is 66.7 Å². The van der Waals surface area contributed by atoms with E-state index in [1.54, 1.807) is 17.5 Å². The van der Waals surface area contributed by atoms with Crippen LogP contribution in [0.15, 0.2) is 122 Å². The van der Waals surface area contributed by atoms with Gasteiger partial charge in [-0.3, -0.25) is 9.55 Å². The van der Waals surface area contributed by atoms with E-state index >= 15 is 0 Å². The van der Waals surface area contributed by atoms with Crippen LogP contribution in [0.2, 0.25) is 0 Å². The second-order valence-corrected chi connectivity index (χ2v) is 13.0. The first-order valence-corrected chi connectivity index (χ1v) is 15.8. The average molecular weight is 585 g/mol. The number of nitrogens with zero attached hydrogens (tertiary/aromatic N) is 4. The van der Waals surface area contributed by atoms with E-state index in [9.17, 15) is 0 Å². The maximum atomic E-state index is 5.31. The summed E-state index contributed by atoms with van der Waals surface area (Å²) in [7, 11) is 0. The third-order valence-corrected chi connectivity index (χ3v) is 10.9. The zero-order chi connectivity index (χ0) is 28.1. The predicted molar refractivity (Wildman–Crippen MR) is 183 cm³/mol. The van der Waals surface area contributed by atoms with Crippen LogP contribution < -0.4 is 0 Å². The Morgan fingerprint density at radius 3 is 2.16 bits per heavy atom. The minimum atomic E-state index is 0.670. The lowest BCUT2D eigenvalue weighted by Gasteiger charge is -2.10. The summed E-state index contributed by atoms with van der Waals surface area (Å²) in [6.45, 7) is 0. The lowest BCUT2D eigenvalue weighted by molar-refractivity contribution is 1.02. The second-order valence-electron chi connectivity index (χ2n) is 10.9. The van der Waals surface area contributed by atoms with Gasteiger partial charge in [-0.15, -0.1) is 22.7 Å². The molecule has 0 aliphatic carbocycles. The molecule has 5 aromatic heterocycles. The van der Waals surface area contributed by atoms with Crippen LogP contribution in [-0.4, -0.2) is 19.5 Å². The minimum absolute atomic E-state index is 0.670. The van der Waals surface area contributed by atoms with E-state index in [-0.39, 0.29) is 0 Å². The third kappa shape index (κ3) is 3.27. The monoisotopic (exact) mass is 584 g/mol. The molecule has 0 aliphatic rings. The van der Waals surface area contributed by atoms with Gasteiger partial charge in [-0.05, 0) is 47.9 Å². The van der Waals surface area contributed by atoms with Crippen molar-refractivity contribution in [2.24, 2.45) is 0 Å². The summed E-state index contributed by atoms with van der Waals surface area (Å²) in [6, 6.07) is 39.1. The van der Waals surface area contributed by atoms with Gasteiger partial charge in [0.15, 0.2) is 0 Å². The first kappa shape index (κ1) is 23.4. The number of hydrogen-bond donors (Lipinski definition) is 0. The molecule has 0 aliphatic heterocycles. The molecule has 5 aromatic carbocycles. The molecular weight excluding hydrogens is 565 g/mol. The highest BCUT2D eigenvalue weighted by Gasteiger charge is 2.21. The molecular formula is C37H20N4S2. The Morgan fingerprint density at radius 2 is 1.30 bits per heavy atom. The molecule has 5 heterocycles. The number of fused-ring (bicyclic) bond motifs is 11. The highest BCUT2D eigenvalue weighted by molar-refractivity contribution is 7.27. The van der Waals surface area contributed by atoms with Crippen molar-refractivity contribution in [3.8, 4) is 17.2 Å². The first-order chi connectivity index (χ1) is 21.3. The number of benzene rings is 5. The molecule has 0 radical (unpaired) electrons. The Balaban J connectivity index is 1.37. The predicted octanol–water partition coefficient (Wildman–Crippen LogP) is 10.5. The molecule has 4 nitrogen and oxygen atoms in total. The number of para-hydroxylation sites is 1. The van der Waals surface area contributed by atoms with Crippen molar-refractivity contribution in [1.82, 2.24) is 19.5 Å².